The highest BCUT2D eigenvalue weighted by molar-refractivity contribution is 5.77. The third-order valence-corrected chi connectivity index (χ3v) is 2.95. The van der Waals surface area contributed by atoms with E-state index in [1.54, 1.807) is 19.4 Å². The van der Waals surface area contributed by atoms with Gasteiger partial charge in [0.15, 0.2) is 0 Å². The molecule has 0 unspecified atom stereocenters. The van der Waals surface area contributed by atoms with Crippen LogP contribution in [0.1, 0.15) is 11.1 Å². The third kappa shape index (κ3) is 5.24. The third-order valence-electron chi connectivity index (χ3n) is 2.95. The molecule has 1 aromatic carbocycles. The number of aromatic nitrogens is 1. The van der Waals surface area contributed by atoms with Crippen LogP contribution in [0.5, 0.6) is 5.88 Å². The smallest absolute Gasteiger partial charge is 0.234 e. The fourth-order valence-corrected chi connectivity index (χ4v) is 1.82. The Morgan fingerprint density at radius 3 is 2.57 bits per heavy atom. The first kappa shape index (κ1) is 15.0. The van der Waals surface area contributed by atoms with E-state index in [-0.39, 0.29) is 12.5 Å². The number of benzene rings is 1. The number of methoxy groups -OCH3 is 1. The summed E-state index contributed by atoms with van der Waals surface area (Å²) in [6.45, 7) is 1.42. The van der Waals surface area contributed by atoms with Gasteiger partial charge in [-0.2, -0.15) is 0 Å². The van der Waals surface area contributed by atoms with Crippen LogP contribution in [0.2, 0.25) is 0 Å². The van der Waals surface area contributed by atoms with Crippen molar-refractivity contribution in [1.29, 1.82) is 0 Å². The lowest BCUT2D eigenvalue weighted by atomic mass is 10.2. The van der Waals surface area contributed by atoms with Crippen LogP contribution in [0.25, 0.3) is 0 Å². The summed E-state index contributed by atoms with van der Waals surface area (Å²) >= 11 is 0. The molecule has 2 N–H and O–H groups in total. The minimum Gasteiger partial charge on any atom is -0.481 e. The molecule has 0 aliphatic rings. The van der Waals surface area contributed by atoms with Crippen molar-refractivity contribution in [2.45, 2.75) is 13.1 Å². The van der Waals surface area contributed by atoms with Crippen LogP contribution in [0.3, 0.4) is 0 Å². The molecule has 0 aliphatic carbocycles. The van der Waals surface area contributed by atoms with Gasteiger partial charge >= 0.3 is 0 Å². The second-order valence-corrected chi connectivity index (χ2v) is 4.57. The van der Waals surface area contributed by atoms with E-state index < -0.39 is 0 Å². The van der Waals surface area contributed by atoms with E-state index in [0.717, 1.165) is 11.1 Å². The number of rotatable bonds is 7. The van der Waals surface area contributed by atoms with Crippen molar-refractivity contribution in [3.05, 3.63) is 59.8 Å². The van der Waals surface area contributed by atoms with Crippen LogP contribution in [-0.2, 0) is 17.9 Å². The molecule has 1 amide bonds. The molecular formula is C16H19N3O2. The maximum Gasteiger partial charge on any atom is 0.234 e. The van der Waals surface area contributed by atoms with E-state index in [0.29, 0.717) is 19.0 Å². The Balaban J connectivity index is 1.66. The molecule has 0 radical (unpaired) electrons. The zero-order valence-corrected chi connectivity index (χ0v) is 12.0. The largest absolute Gasteiger partial charge is 0.481 e. The number of hydrogen-bond acceptors (Lipinski definition) is 4. The van der Waals surface area contributed by atoms with E-state index in [1.807, 2.05) is 36.4 Å². The van der Waals surface area contributed by atoms with Crippen molar-refractivity contribution < 1.29 is 9.53 Å². The van der Waals surface area contributed by atoms with Crippen LogP contribution in [-0.4, -0.2) is 24.5 Å². The summed E-state index contributed by atoms with van der Waals surface area (Å²) in [5.74, 6) is 0.555. The van der Waals surface area contributed by atoms with E-state index in [9.17, 15) is 4.79 Å². The molecule has 0 spiro atoms. The number of pyridine rings is 1. The highest BCUT2D eigenvalue weighted by atomic mass is 16.5. The Morgan fingerprint density at radius 1 is 1.10 bits per heavy atom. The second-order valence-electron chi connectivity index (χ2n) is 4.57. The van der Waals surface area contributed by atoms with Crippen LogP contribution in [0.15, 0.2) is 48.7 Å². The number of ether oxygens (including phenoxy) is 1. The summed E-state index contributed by atoms with van der Waals surface area (Å²) in [5.41, 5.74) is 2.09. The first-order valence-electron chi connectivity index (χ1n) is 6.78. The highest BCUT2D eigenvalue weighted by Gasteiger charge is 2.01. The molecule has 0 atom stereocenters. The molecule has 0 aliphatic heterocycles. The Morgan fingerprint density at radius 2 is 1.90 bits per heavy atom. The number of amides is 1. The average Bonchev–Trinajstić information content (AvgIpc) is 2.54. The summed E-state index contributed by atoms with van der Waals surface area (Å²) in [6, 6.07) is 13.5. The van der Waals surface area contributed by atoms with Crippen molar-refractivity contribution >= 4 is 5.91 Å². The van der Waals surface area contributed by atoms with Gasteiger partial charge in [0.25, 0.3) is 0 Å². The number of nitrogens with one attached hydrogen (secondary N) is 2. The lowest BCUT2D eigenvalue weighted by Crippen LogP contribution is -2.33. The van der Waals surface area contributed by atoms with Crippen molar-refractivity contribution in [2.75, 3.05) is 13.7 Å². The molecule has 5 heteroatoms. The van der Waals surface area contributed by atoms with Gasteiger partial charge in [-0.25, -0.2) is 4.98 Å². The van der Waals surface area contributed by atoms with Crippen molar-refractivity contribution in [2.24, 2.45) is 0 Å². The topological polar surface area (TPSA) is 63.2 Å². The number of carbonyl (C=O) groups excluding carboxylic acids is 1. The maximum absolute atomic E-state index is 11.7. The van der Waals surface area contributed by atoms with Gasteiger partial charge in [-0.1, -0.05) is 36.4 Å². The first-order valence-corrected chi connectivity index (χ1v) is 6.78. The summed E-state index contributed by atoms with van der Waals surface area (Å²) in [4.78, 5) is 15.8. The molecule has 5 nitrogen and oxygen atoms in total. The van der Waals surface area contributed by atoms with Gasteiger partial charge in [0, 0.05) is 25.4 Å². The van der Waals surface area contributed by atoms with Crippen LogP contribution >= 0.6 is 0 Å². The molecule has 2 aromatic rings. The minimum atomic E-state index is -0.0275. The van der Waals surface area contributed by atoms with Crippen molar-refractivity contribution in [3.8, 4) is 5.88 Å². The van der Waals surface area contributed by atoms with Gasteiger partial charge in [0.1, 0.15) is 0 Å². The van der Waals surface area contributed by atoms with Gasteiger partial charge in [-0.3, -0.25) is 4.79 Å². The zero-order chi connectivity index (χ0) is 14.9. The Labute approximate surface area is 124 Å². The number of hydrogen-bond donors (Lipinski definition) is 2. The minimum absolute atomic E-state index is 0.0275. The normalized spacial score (nSPS) is 10.1. The lowest BCUT2D eigenvalue weighted by Gasteiger charge is -2.07. The Hall–Kier alpha value is -2.40. The molecule has 2 rings (SSSR count). The van der Waals surface area contributed by atoms with Gasteiger partial charge in [-0.15, -0.1) is 0 Å². The monoisotopic (exact) mass is 285 g/mol. The van der Waals surface area contributed by atoms with E-state index in [2.05, 4.69) is 15.6 Å². The Bertz CT molecular complexity index is 555. The zero-order valence-electron chi connectivity index (χ0n) is 12.0. The molecule has 0 fully saturated rings. The lowest BCUT2D eigenvalue weighted by molar-refractivity contribution is -0.120. The van der Waals surface area contributed by atoms with Crippen LogP contribution in [0, 0.1) is 0 Å². The van der Waals surface area contributed by atoms with Crippen LogP contribution in [0.4, 0.5) is 0 Å². The summed E-state index contributed by atoms with van der Waals surface area (Å²) in [6.07, 6.45) is 1.73. The quantitative estimate of drug-likeness (QED) is 0.809. The van der Waals surface area contributed by atoms with E-state index in [1.165, 1.54) is 0 Å². The molecule has 0 bridgehead atoms. The molecule has 110 valence electrons. The average molecular weight is 285 g/mol. The highest BCUT2D eigenvalue weighted by Crippen LogP contribution is 2.05. The fraction of sp³-hybridized carbons (Fsp3) is 0.250. The van der Waals surface area contributed by atoms with Crippen molar-refractivity contribution in [1.82, 2.24) is 15.6 Å². The SMILES string of the molecule is COc1ccc(CNCC(=O)NCc2ccccc2)cn1. The van der Waals surface area contributed by atoms with Gasteiger partial charge in [-0.05, 0) is 11.1 Å². The Kier molecular flexibility index (Phi) is 5.72. The number of nitrogens with zero attached hydrogens (tertiary/aromatic N) is 1. The van der Waals surface area contributed by atoms with Gasteiger partial charge in [0.2, 0.25) is 11.8 Å². The molecule has 1 aromatic heterocycles. The van der Waals surface area contributed by atoms with Gasteiger partial charge in [0.05, 0.1) is 13.7 Å². The summed E-state index contributed by atoms with van der Waals surface area (Å²) in [5, 5.41) is 5.95. The van der Waals surface area contributed by atoms with Gasteiger partial charge < -0.3 is 15.4 Å². The fourth-order valence-electron chi connectivity index (χ4n) is 1.82. The standard InChI is InChI=1S/C16H19N3O2/c1-21-16-8-7-14(11-19-16)9-17-12-15(20)18-10-13-5-3-2-4-6-13/h2-8,11,17H,9-10,12H2,1H3,(H,18,20). The second kappa shape index (κ2) is 8.01. The van der Waals surface area contributed by atoms with Crippen molar-refractivity contribution in [3.63, 3.8) is 0 Å². The maximum atomic E-state index is 11.7. The summed E-state index contributed by atoms with van der Waals surface area (Å²) in [7, 11) is 1.58. The molecule has 0 saturated heterocycles. The van der Waals surface area contributed by atoms with E-state index in [4.69, 9.17) is 4.74 Å². The first-order chi connectivity index (χ1) is 10.3. The summed E-state index contributed by atoms with van der Waals surface area (Å²) < 4.78 is 4.99. The predicted molar refractivity (Wildman–Crippen MR) is 80.8 cm³/mol. The van der Waals surface area contributed by atoms with Crippen LogP contribution < -0.4 is 15.4 Å². The predicted octanol–water partition coefficient (Wildman–Crippen LogP) is 1.50. The number of carbonyl (C=O) groups is 1. The molecule has 0 saturated carbocycles. The van der Waals surface area contributed by atoms with E-state index >= 15 is 0 Å². The molecule has 1 heterocycles. The molecular weight excluding hydrogens is 266 g/mol. The molecule has 21 heavy (non-hydrogen) atoms.